The second-order valence-corrected chi connectivity index (χ2v) is 12.6. The summed E-state index contributed by atoms with van der Waals surface area (Å²) >= 11 is 6.84. The van der Waals surface area contributed by atoms with E-state index in [1.807, 2.05) is 86.9 Å². The molecular formula is C40H48ClN3O4. The van der Waals surface area contributed by atoms with Gasteiger partial charge in [0.05, 0.1) is 12.7 Å². The van der Waals surface area contributed by atoms with Crippen LogP contribution in [0.5, 0.6) is 0 Å². The molecule has 0 aromatic heterocycles. The fourth-order valence-electron chi connectivity index (χ4n) is 6.21. The van der Waals surface area contributed by atoms with Gasteiger partial charge >= 0.3 is 6.09 Å². The minimum Gasteiger partial charge on any atom is -0.453 e. The van der Waals surface area contributed by atoms with Crippen molar-refractivity contribution in [3.8, 4) is 22.3 Å². The average molecular weight is 670 g/mol. The number of benzene rings is 4. The molecule has 254 valence electrons. The van der Waals surface area contributed by atoms with Crippen molar-refractivity contribution in [2.45, 2.75) is 57.6 Å². The molecular weight excluding hydrogens is 622 g/mol. The zero-order valence-corrected chi connectivity index (χ0v) is 29.3. The van der Waals surface area contributed by atoms with E-state index < -0.39 is 11.7 Å². The number of alkyl carbamates (subject to hydrolysis) is 1. The van der Waals surface area contributed by atoms with Crippen LogP contribution in [0.3, 0.4) is 0 Å². The first-order valence-corrected chi connectivity index (χ1v) is 17.1. The number of methoxy groups -OCH3 is 1. The Balaban J connectivity index is 1.53. The summed E-state index contributed by atoms with van der Waals surface area (Å²) in [6.07, 6.45) is 3.16. The number of carbonyl (C=O) groups excluding carboxylic acids is 2. The number of unbranched alkanes of at least 4 members (excludes halogenated alkanes) is 1. The van der Waals surface area contributed by atoms with Gasteiger partial charge in [-0.25, -0.2) is 4.79 Å². The molecule has 3 N–H and O–H groups in total. The Morgan fingerprint density at radius 2 is 1.60 bits per heavy atom. The van der Waals surface area contributed by atoms with Crippen LogP contribution >= 0.6 is 11.6 Å². The molecule has 4 aromatic rings. The second kappa shape index (κ2) is 17.8. The Morgan fingerprint density at radius 1 is 0.875 bits per heavy atom. The van der Waals surface area contributed by atoms with Gasteiger partial charge in [0.1, 0.15) is 0 Å². The van der Waals surface area contributed by atoms with Gasteiger partial charge in [0.2, 0.25) is 0 Å². The fourth-order valence-corrected chi connectivity index (χ4v) is 6.50. The zero-order valence-electron chi connectivity index (χ0n) is 28.5. The van der Waals surface area contributed by atoms with Gasteiger partial charge in [-0.15, -0.1) is 0 Å². The summed E-state index contributed by atoms with van der Waals surface area (Å²) < 4.78 is 4.72. The van der Waals surface area contributed by atoms with Gasteiger partial charge in [0.25, 0.3) is 5.91 Å². The van der Waals surface area contributed by atoms with Crippen LogP contribution in [0.15, 0.2) is 91.0 Å². The Labute approximate surface area is 290 Å². The number of carbonyl (C=O) groups is 2. The lowest BCUT2D eigenvalue weighted by atomic mass is 9.80. The van der Waals surface area contributed by atoms with Crippen LogP contribution in [-0.2, 0) is 23.3 Å². The van der Waals surface area contributed by atoms with Crippen molar-refractivity contribution in [2.24, 2.45) is 0 Å². The van der Waals surface area contributed by atoms with E-state index in [4.69, 9.17) is 16.3 Å². The molecule has 48 heavy (non-hydrogen) atoms. The summed E-state index contributed by atoms with van der Waals surface area (Å²) in [4.78, 5) is 27.2. The van der Waals surface area contributed by atoms with Gasteiger partial charge in [-0.2, -0.15) is 0 Å². The lowest BCUT2D eigenvalue weighted by Gasteiger charge is -2.32. The van der Waals surface area contributed by atoms with Crippen molar-refractivity contribution in [3.05, 3.63) is 118 Å². The lowest BCUT2D eigenvalue weighted by molar-refractivity contribution is 0.0142. The minimum absolute atomic E-state index is 0.0399. The van der Waals surface area contributed by atoms with Crippen LogP contribution in [0.4, 0.5) is 4.79 Å². The zero-order chi connectivity index (χ0) is 34.5. The maximum Gasteiger partial charge on any atom is 0.406 e. The molecule has 0 radical (unpaired) electrons. The van der Waals surface area contributed by atoms with Gasteiger partial charge in [0.15, 0.2) is 0 Å². The minimum atomic E-state index is -1.22. The molecule has 1 unspecified atom stereocenters. The highest BCUT2D eigenvalue weighted by Crippen LogP contribution is 2.42. The van der Waals surface area contributed by atoms with Crippen molar-refractivity contribution in [1.29, 1.82) is 0 Å². The van der Waals surface area contributed by atoms with E-state index in [2.05, 4.69) is 35.8 Å². The van der Waals surface area contributed by atoms with E-state index >= 15 is 0 Å². The van der Waals surface area contributed by atoms with Gasteiger partial charge in [-0.1, -0.05) is 91.3 Å². The molecule has 0 aliphatic heterocycles. The normalized spacial score (nSPS) is 12.3. The molecule has 0 saturated heterocycles. The molecule has 0 fully saturated rings. The Bertz CT molecular complexity index is 1660. The third-order valence-corrected chi connectivity index (χ3v) is 9.14. The van der Waals surface area contributed by atoms with Crippen molar-refractivity contribution in [2.75, 3.05) is 34.3 Å². The third-order valence-electron chi connectivity index (χ3n) is 8.82. The van der Waals surface area contributed by atoms with Crippen molar-refractivity contribution in [1.82, 2.24) is 15.5 Å². The predicted molar refractivity (Wildman–Crippen MR) is 195 cm³/mol. The highest BCUT2D eigenvalue weighted by molar-refractivity contribution is 6.33. The molecule has 0 aliphatic rings. The average Bonchev–Trinajstić information content (AvgIpc) is 3.11. The molecule has 0 saturated carbocycles. The van der Waals surface area contributed by atoms with E-state index in [0.717, 1.165) is 39.8 Å². The number of aryl methyl sites for hydroxylation is 1. The van der Waals surface area contributed by atoms with Gasteiger partial charge in [0, 0.05) is 42.8 Å². The van der Waals surface area contributed by atoms with E-state index in [9.17, 15) is 14.7 Å². The van der Waals surface area contributed by atoms with Crippen LogP contribution in [0.2, 0.25) is 5.02 Å². The molecule has 4 aromatic carbocycles. The SMILES string of the molecule is CCc1cccc(-c2c(Cl)cccc2C(O)(CCCCN(C)C(=O)c2ccc(CNC)cc2-c2ccccc2)CCCNC(=O)OC)c1. The highest BCUT2D eigenvalue weighted by Gasteiger charge is 2.32. The summed E-state index contributed by atoms with van der Waals surface area (Å²) in [7, 11) is 5.07. The standard InChI is InChI=1S/C40H48ClN3O4/c1-5-29-14-11-17-32(26-29)37-35(18-12-19-36(37)41)40(47,23-13-24-43-39(46)48-4)22-9-10-25-44(3)38(45)33-21-20-30(28-42-2)27-34(33)31-15-7-6-8-16-31/h6-8,11-12,14-21,26-27,42,47H,5,9-10,13,22-25,28H2,1-4H3,(H,43,46). The summed E-state index contributed by atoms with van der Waals surface area (Å²) in [6, 6.07) is 29.9. The number of halogens is 1. The van der Waals surface area contributed by atoms with Gasteiger partial charge in [-0.3, -0.25) is 4.79 Å². The second-order valence-electron chi connectivity index (χ2n) is 12.2. The molecule has 0 bridgehead atoms. The number of nitrogens with zero attached hydrogens (tertiary/aromatic N) is 1. The molecule has 0 aliphatic carbocycles. The smallest absolute Gasteiger partial charge is 0.406 e. The maximum atomic E-state index is 13.8. The van der Waals surface area contributed by atoms with Crippen molar-refractivity contribution in [3.63, 3.8) is 0 Å². The van der Waals surface area contributed by atoms with Crippen molar-refractivity contribution < 1.29 is 19.4 Å². The quantitative estimate of drug-likeness (QED) is 0.105. The first-order chi connectivity index (χ1) is 23.2. The Kier molecular flexibility index (Phi) is 13.6. The van der Waals surface area contributed by atoms with E-state index in [-0.39, 0.29) is 5.91 Å². The molecule has 0 heterocycles. The van der Waals surface area contributed by atoms with E-state index in [1.54, 1.807) is 4.90 Å². The van der Waals surface area contributed by atoms with Crippen LogP contribution in [0.25, 0.3) is 22.3 Å². The maximum absolute atomic E-state index is 13.8. The van der Waals surface area contributed by atoms with Gasteiger partial charge < -0.3 is 25.4 Å². The third kappa shape index (κ3) is 9.47. The largest absolute Gasteiger partial charge is 0.453 e. The summed E-state index contributed by atoms with van der Waals surface area (Å²) in [5.41, 5.74) is 6.20. The van der Waals surface area contributed by atoms with Crippen LogP contribution in [0, 0.1) is 0 Å². The summed E-state index contributed by atoms with van der Waals surface area (Å²) in [5, 5.41) is 18.9. The lowest BCUT2D eigenvalue weighted by Crippen LogP contribution is -2.31. The van der Waals surface area contributed by atoms with E-state index in [1.165, 1.54) is 12.7 Å². The van der Waals surface area contributed by atoms with Crippen LogP contribution in [-0.4, -0.2) is 56.3 Å². The first-order valence-electron chi connectivity index (χ1n) is 16.7. The topological polar surface area (TPSA) is 90.9 Å². The molecule has 2 amide bonds. The fraction of sp³-hybridized carbons (Fsp3) is 0.350. The number of ether oxygens (including phenoxy) is 1. The highest BCUT2D eigenvalue weighted by atomic mass is 35.5. The van der Waals surface area contributed by atoms with Crippen molar-refractivity contribution >= 4 is 23.6 Å². The molecule has 1 atom stereocenters. The molecule has 4 rings (SSSR count). The predicted octanol–water partition coefficient (Wildman–Crippen LogP) is 8.22. The monoisotopic (exact) mass is 669 g/mol. The van der Waals surface area contributed by atoms with E-state index in [0.29, 0.717) is 62.3 Å². The molecule has 0 spiro atoms. The van der Waals surface area contributed by atoms with Crippen LogP contribution < -0.4 is 10.6 Å². The number of rotatable bonds is 16. The first kappa shape index (κ1) is 36.7. The molecule has 8 heteroatoms. The summed E-state index contributed by atoms with van der Waals surface area (Å²) in [5.74, 6) is -0.0399. The number of amides is 2. The number of aliphatic hydroxyl groups is 1. The Morgan fingerprint density at radius 3 is 2.33 bits per heavy atom. The molecule has 7 nitrogen and oxygen atoms in total. The Hall–Kier alpha value is -4.17. The summed E-state index contributed by atoms with van der Waals surface area (Å²) in [6.45, 7) is 3.72. The number of hydrogen-bond donors (Lipinski definition) is 3. The van der Waals surface area contributed by atoms with Crippen LogP contribution in [0.1, 0.15) is 66.1 Å². The number of hydrogen-bond acceptors (Lipinski definition) is 5. The number of nitrogens with one attached hydrogen (secondary N) is 2. The van der Waals surface area contributed by atoms with Gasteiger partial charge in [-0.05, 0) is 97.2 Å².